The van der Waals surface area contributed by atoms with Crippen molar-refractivity contribution in [1.82, 2.24) is 14.8 Å². The fraction of sp³-hybridized carbons (Fsp3) is 0.294. The molecule has 0 aliphatic heterocycles. The van der Waals surface area contributed by atoms with E-state index >= 15 is 0 Å². The summed E-state index contributed by atoms with van der Waals surface area (Å²) in [6, 6.07) is 2.31. The molecule has 0 amide bonds. The van der Waals surface area contributed by atoms with Gasteiger partial charge in [0.15, 0.2) is 5.65 Å². The van der Waals surface area contributed by atoms with E-state index in [4.69, 9.17) is 17.3 Å². The number of fused-ring (bicyclic) bond motifs is 1. The zero-order valence-electron chi connectivity index (χ0n) is 13.8. The Morgan fingerprint density at radius 2 is 1.61 bits per heavy atom. The molecule has 0 bridgehead atoms. The second-order valence-corrected chi connectivity index (χ2v) is 6.33. The summed E-state index contributed by atoms with van der Waals surface area (Å²) in [5, 5.41) is 3.15. The molecule has 11 heteroatoms. The van der Waals surface area contributed by atoms with Crippen LogP contribution >= 0.6 is 11.6 Å². The predicted molar refractivity (Wildman–Crippen MR) is 94.5 cm³/mol. The SMILES string of the molecule is C.Cc1cc(C(F)(F)F)c2c(N)n(-c3c(C)cc(C(F)(F)F)cc3Cl)nc2n1. The normalized spacial score (nSPS) is 12.3. The van der Waals surface area contributed by atoms with Crippen LogP contribution in [0.1, 0.15) is 29.8 Å². The lowest BCUT2D eigenvalue weighted by Gasteiger charge is -2.14. The number of aromatic nitrogens is 3. The van der Waals surface area contributed by atoms with Gasteiger partial charge in [0.1, 0.15) is 5.82 Å². The zero-order valence-corrected chi connectivity index (χ0v) is 14.6. The van der Waals surface area contributed by atoms with Gasteiger partial charge >= 0.3 is 12.4 Å². The minimum absolute atomic E-state index is 0. The van der Waals surface area contributed by atoms with E-state index < -0.39 is 34.7 Å². The van der Waals surface area contributed by atoms with Crippen molar-refractivity contribution in [2.24, 2.45) is 0 Å². The van der Waals surface area contributed by atoms with E-state index in [9.17, 15) is 26.3 Å². The van der Waals surface area contributed by atoms with Crippen molar-refractivity contribution >= 4 is 28.5 Å². The number of pyridine rings is 1. The van der Waals surface area contributed by atoms with Crippen molar-refractivity contribution in [1.29, 1.82) is 0 Å². The first-order valence-electron chi connectivity index (χ1n) is 7.41. The van der Waals surface area contributed by atoms with E-state index in [1.165, 1.54) is 13.8 Å². The number of hydrogen-bond acceptors (Lipinski definition) is 3. The fourth-order valence-electron chi connectivity index (χ4n) is 2.80. The number of nitrogen functional groups attached to an aromatic ring is 1. The van der Waals surface area contributed by atoms with Crippen LogP contribution in [0.5, 0.6) is 0 Å². The van der Waals surface area contributed by atoms with Crippen molar-refractivity contribution in [2.75, 3.05) is 5.73 Å². The van der Waals surface area contributed by atoms with Gasteiger partial charge in [-0.15, -0.1) is 5.10 Å². The highest BCUT2D eigenvalue weighted by Gasteiger charge is 2.36. The summed E-state index contributed by atoms with van der Waals surface area (Å²) in [6.45, 7) is 2.69. The summed E-state index contributed by atoms with van der Waals surface area (Å²) in [5.41, 5.74) is 3.61. The van der Waals surface area contributed by atoms with Gasteiger partial charge in [-0.1, -0.05) is 19.0 Å². The van der Waals surface area contributed by atoms with Crippen LogP contribution in [0.2, 0.25) is 5.02 Å². The topological polar surface area (TPSA) is 56.7 Å². The minimum atomic E-state index is -4.72. The third-order valence-corrected chi connectivity index (χ3v) is 4.19. The number of alkyl halides is 6. The zero-order chi connectivity index (χ0) is 20.3. The molecule has 2 N–H and O–H groups in total. The van der Waals surface area contributed by atoms with Crippen molar-refractivity contribution in [3.8, 4) is 5.69 Å². The lowest BCUT2D eigenvalue weighted by molar-refractivity contribution is -0.138. The molecule has 2 heterocycles. The van der Waals surface area contributed by atoms with Crippen LogP contribution in [0.15, 0.2) is 18.2 Å². The average molecular weight is 425 g/mol. The van der Waals surface area contributed by atoms with Crippen molar-refractivity contribution < 1.29 is 26.3 Å². The first kappa shape index (κ1) is 21.8. The van der Waals surface area contributed by atoms with E-state index in [1.807, 2.05) is 0 Å². The number of hydrogen-bond donors (Lipinski definition) is 1. The maximum absolute atomic E-state index is 13.4. The number of benzene rings is 1. The summed E-state index contributed by atoms with van der Waals surface area (Å²) < 4.78 is 79.7. The van der Waals surface area contributed by atoms with Gasteiger partial charge in [0, 0.05) is 5.69 Å². The number of nitrogens with zero attached hydrogens (tertiary/aromatic N) is 3. The Hall–Kier alpha value is -2.49. The summed E-state index contributed by atoms with van der Waals surface area (Å²) in [6.07, 6.45) is -9.34. The summed E-state index contributed by atoms with van der Waals surface area (Å²) in [5.74, 6) is -0.422. The first-order valence-corrected chi connectivity index (χ1v) is 7.79. The molecule has 2 aromatic heterocycles. The molecule has 0 aliphatic carbocycles. The van der Waals surface area contributed by atoms with E-state index in [-0.39, 0.29) is 35.0 Å². The molecule has 28 heavy (non-hydrogen) atoms. The van der Waals surface area contributed by atoms with Gasteiger partial charge in [-0.2, -0.15) is 26.3 Å². The first-order chi connectivity index (χ1) is 12.3. The molecule has 152 valence electrons. The molecule has 0 atom stereocenters. The van der Waals surface area contributed by atoms with Crippen LogP contribution in [0, 0.1) is 13.8 Å². The standard InChI is InChI=1S/C16H11ClF6N4.CH4/c1-6-3-8(15(18,19)20)5-10(17)12(6)27-13(24)11-9(16(21,22)23)4-7(2)25-14(11)26-27;/h3-5H,24H2,1-2H3;1H4. The third kappa shape index (κ3) is 3.60. The van der Waals surface area contributed by atoms with E-state index in [2.05, 4.69) is 10.1 Å². The van der Waals surface area contributed by atoms with Gasteiger partial charge in [-0.25, -0.2) is 9.67 Å². The molecule has 3 rings (SSSR count). The number of nitrogens with two attached hydrogens (primary N) is 1. The average Bonchev–Trinajstić information content (AvgIpc) is 2.80. The Labute approximate surface area is 160 Å². The van der Waals surface area contributed by atoms with Gasteiger partial charge in [-0.3, -0.25) is 0 Å². The Morgan fingerprint density at radius 1 is 1.00 bits per heavy atom. The Kier molecular flexibility index (Phi) is 5.33. The van der Waals surface area contributed by atoms with Gasteiger partial charge in [-0.05, 0) is 37.6 Å². The molecule has 0 saturated carbocycles. The molecule has 0 saturated heterocycles. The highest BCUT2D eigenvalue weighted by atomic mass is 35.5. The fourth-order valence-corrected chi connectivity index (χ4v) is 3.15. The van der Waals surface area contributed by atoms with Gasteiger partial charge in [0.05, 0.1) is 27.2 Å². The molecular formula is C17H15ClF6N4. The molecule has 1 aromatic carbocycles. The Bertz CT molecular complexity index is 1030. The molecule has 0 fully saturated rings. The smallest absolute Gasteiger partial charge is 0.383 e. The molecule has 0 spiro atoms. The van der Waals surface area contributed by atoms with Gasteiger partial charge < -0.3 is 5.73 Å². The van der Waals surface area contributed by atoms with Crippen molar-refractivity contribution in [3.63, 3.8) is 0 Å². The van der Waals surface area contributed by atoms with E-state index in [1.54, 1.807) is 0 Å². The molecule has 0 radical (unpaired) electrons. The van der Waals surface area contributed by atoms with Crippen molar-refractivity contribution in [2.45, 2.75) is 33.6 Å². The minimum Gasteiger partial charge on any atom is -0.383 e. The lowest BCUT2D eigenvalue weighted by Crippen LogP contribution is -2.10. The van der Waals surface area contributed by atoms with Crippen LogP contribution in [-0.2, 0) is 12.4 Å². The van der Waals surface area contributed by atoms with Crippen LogP contribution in [-0.4, -0.2) is 14.8 Å². The summed E-state index contributed by atoms with van der Waals surface area (Å²) in [7, 11) is 0. The largest absolute Gasteiger partial charge is 0.417 e. The van der Waals surface area contributed by atoms with Gasteiger partial charge in [0.2, 0.25) is 0 Å². The van der Waals surface area contributed by atoms with Crippen LogP contribution in [0.4, 0.5) is 32.2 Å². The quantitative estimate of drug-likeness (QED) is 0.491. The molecule has 3 aromatic rings. The number of rotatable bonds is 1. The van der Waals surface area contributed by atoms with Crippen LogP contribution < -0.4 is 5.73 Å². The highest BCUT2D eigenvalue weighted by molar-refractivity contribution is 6.32. The Morgan fingerprint density at radius 3 is 2.11 bits per heavy atom. The second-order valence-electron chi connectivity index (χ2n) is 5.93. The van der Waals surface area contributed by atoms with Crippen LogP contribution in [0.25, 0.3) is 16.7 Å². The van der Waals surface area contributed by atoms with E-state index in [0.29, 0.717) is 6.07 Å². The number of anilines is 1. The molecule has 4 nitrogen and oxygen atoms in total. The lowest BCUT2D eigenvalue weighted by atomic mass is 10.1. The maximum atomic E-state index is 13.4. The third-order valence-electron chi connectivity index (χ3n) is 3.91. The molecule has 0 unspecified atom stereocenters. The predicted octanol–water partition coefficient (Wildman–Crippen LogP) is 5.95. The number of aryl methyl sites for hydroxylation is 2. The monoisotopic (exact) mass is 424 g/mol. The number of halogens is 7. The summed E-state index contributed by atoms with van der Waals surface area (Å²) >= 11 is 5.98. The Balaban J connectivity index is 0.00000280. The highest BCUT2D eigenvalue weighted by Crippen LogP contribution is 2.40. The second kappa shape index (κ2) is 6.84. The maximum Gasteiger partial charge on any atom is 0.417 e. The van der Waals surface area contributed by atoms with E-state index in [0.717, 1.165) is 16.8 Å². The summed E-state index contributed by atoms with van der Waals surface area (Å²) in [4.78, 5) is 3.94. The van der Waals surface area contributed by atoms with Crippen LogP contribution in [0.3, 0.4) is 0 Å². The molecule has 0 aliphatic rings. The van der Waals surface area contributed by atoms with Crippen molar-refractivity contribution in [3.05, 3.63) is 45.6 Å². The molecular weight excluding hydrogens is 410 g/mol. The van der Waals surface area contributed by atoms with Gasteiger partial charge in [0.25, 0.3) is 0 Å².